The Morgan fingerprint density at radius 3 is 2.74 bits per heavy atom. The average Bonchev–Trinajstić information content (AvgIpc) is 2.98. The molecule has 0 aliphatic heterocycles. The van der Waals surface area contributed by atoms with Crippen molar-refractivity contribution >= 4 is 27.0 Å². The molecule has 0 aliphatic rings. The van der Waals surface area contributed by atoms with E-state index in [1.807, 2.05) is 29.9 Å². The molecule has 0 bridgehead atoms. The molecule has 0 radical (unpaired) electrons. The molecule has 0 N–H and O–H groups in total. The van der Waals surface area contributed by atoms with Crippen LogP contribution < -0.4 is 0 Å². The Morgan fingerprint density at radius 1 is 1.32 bits per heavy atom. The lowest BCUT2D eigenvalue weighted by Crippen LogP contribution is -2.00. The minimum Gasteiger partial charge on any atom is -0.461 e. The van der Waals surface area contributed by atoms with Crippen LogP contribution in [0.2, 0.25) is 0 Å². The number of aromatic nitrogens is 3. The molecule has 3 aromatic heterocycles. The second-order valence-corrected chi connectivity index (χ2v) is 5.71. The van der Waals surface area contributed by atoms with Crippen LogP contribution in [0.4, 0.5) is 0 Å². The molecule has 0 aliphatic carbocycles. The van der Waals surface area contributed by atoms with Crippen LogP contribution in [0.1, 0.15) is 25.5 Å². The third-order valence-corrected chi connectivity index (χ3v) is 3.69. The van der Waals surface area contributed by atoms with E-state index >= 15 is 0 Å². The van der Waals surface area contributed by atoms with Gasteiger partial charge in [-0.1, -0.05) is 13.8 Å². The Bertz CT molecular complexity index is 729. The van der Waals surface area contributed by atoms with Crippen LogP contribution in [0.5, 0.6) is 0 Å². The lowest BCUT2D eigenvalue weighted by Gasteiger charge is -2.09. The van der Waals surface area contributed by atoms with E-state index in [-0.39, 0.29) is 0 Å². The number of hydrogen-bond donors (Lipinski definition) is 0. The Balaban J connectivity index is 2.36. The van der Waals surface area contributed by atoms with Gasteiger partial charge in [-0.2, -0.15) is 0 Å². The van der Waals surface area contributed by atoms with Crippen LogP contribution in [0.15, 0.2) is 33.5 Å². The number of fused-ring (bicyclic) bond motifs is 1. The fraction of sp³-hybridized carbons (Fsp3) is 0.286. The van der Waals surface area contributed by atoms with Crippen molar-refractivity contribution in [1.82, 2.24) is 14.5 Å². The maximum absolute atomic E-state index is 5.40. The second-order valence-electron chi connectivity index (χ2n) is 4.85. The minimum absolute atomic E-state index is 0.318. The Hall–Kier alpha value is -1.62. The molecule has 0 saturated heterocycles. The summed E-state index contributed by atoms with van der Waals surface area (Å²) >= 11 is 3.59. The zero-order valence-corrected chi connectivity index (χ0v) is 12.6. The van der Waals surface area contributed by atoms with Crippen molar-refractivity contribution in [3.8, 4) is 11.6 Å². The molecule has 19 heavy (non-hydrogen) atoms. The van der Waals surface area contributed by atoms with E-state index in [2.05, 4.69) is 39.7 Å². The van der Waals surface area contributed by atoms with Gasteiger partial charge in [0.2, 0.25) is 0 Å². The summed E-state index contributed by atoms with van der Waals surface area (Å²) in [5.74, 6) is 1.65. The van der Waals surface area contributed by atoms with E-state index in [1.54, 1.807) is 6.26 Å². The van der Waals surface area contributed by atoms with Crippen molar-refractivity contribution in [2.75, 3.05) is 0 Å². The second kappa shape index (κ2) is 4.49. The topological polar surface area (TPSA) is 43.9 Å². The normalized spacial score (nSPS) is 11.6. The zero-order valence-electron chi connectivity index (χ0n) is 11.0. The highest BCUT2D eigenvalue weighted by Crippen LogP contribution is 2.32. The van der Waals surface area contributed by atoms with E-state index in [4.69, 9.17) is 4.42 Å². The monoisotopic (exact) mass is 319 g/mol. The molecule has 0 fully saturated rings. The fourth-order valence-electron chi connectivity index (χ4n) is 2.18. The van der Waals surface area contributed by atoms with Crippen LogP contribution in [0.25, 0.3) is 22.6 Å². The van der Waals surface area contributed by atoms with Crippen molar-refractivity contribution in [3.05, 3.63) is 34.8 Å². The average molecular weight is 320 g/mol. The Morgan fingerprint density at radius 2 is 2.11 bits per heavy atom. The third kappa shape index (κ3) is 1.98. The van der Waals surface area contributed by atoms with Gasteiger partial charge in [0.1, 0.15) is 5.65 Å². The summed E-state index contributed by atoms with van der Waals surface area (Å²) in [7, 11) is 1.98. The van der Waals surface area contributed by atoms with Gasteiger partial charge in [0.25, 0.3) is 0 Å². The van der Waals surface area contributed by atoms with Gasteiger partial charge in [-0.15, -0.1) is 0 Å². The summed E-state index contributed by atoms with van der Waals surface area (Å²) in [4.78, 5) is 9.28. The van der Waals surface area contributed by atoms with Gasteiger partial charge in [0.05, 0.1) is 17.3 Å². The van der Waals surface area contributed by atoms with E-state index in [0.29, 0.717) is 17.5 Å². The van der Waals surface area contributed by atoms with Gasteiger partial charge in [-0.05, 0) is 34.0 Å². The van der Waals surface area contributed by atoms with E-state index in [9.17, 15) is 0 Å². The number of rotatable bonds is 2. The van der Waals surface area contributed by atoms with Crippen LogP contribution in [0.3, 0.4) is 0 Å². The van der Waals surface area contributed by atoms with Gasteiger partial charge < -0.3 is 8.98 Å². The van der Waals surface area contributed by atoms with Crippen LogP contribution in [-0.4, -0.2) is 14.5 Å². The molecule has 0 aromatic carbocycles. The van der Waals surface area contributed by atoms with Gasteiger partial charge in [-0.3, -0.25) is 0 Å². The highest BCUT2D eigenvalue weighted by molar-refractivity contribution is 9.10. The summed E-state index contributed by atoms with van der Waals surface area (Å²) in [6, 6.07) is 3.72. The van der Waals surface area contributed by atoms with E-state index in [1.165, 1.54) is 0 Å². The lowest BCUT2D eigenvalue weighted by molar-refractivity contribution is 0.576. The van der Waals surface area contributed by atoms with Gasteiger partial charge >= 0.3 is 0 Å². The molecule has 3 rings (SSSR count). The van der Waals surface area contributed by atoms with Crippen molar-refractivity contribution in [1.29, 1.82) is 0 Å². The molecule has 3 aromatic rings. The predicted octanol–water partition coefficient (Wildman–Crippen LogP) is 4.11. The largest absolute Gasteiger partial charge is 0.461 e. The summed E-state index contributed by atoms with van der Waals surface area (Å²) in [5, 5.41) is 1.08. The maximum atomic E-state index is 5.40. The fourth-order valence-corrected chi connectivity index (χ4v) is 2.87. The quantitative estimate of drug-likeness (QED) is 0.713. The predicted molar refractivity (Wildman–Crippen MR) is 78.0 cm³/mol. The van der Waals surface area contributed by atoms with Crippen LogP contribution >= 0.6 is 15.9 Å². The van der Waals surface area contributed by atoms with Crippen LogP contribution in [0, 0.1) is 0 Å². The van der Waals surface area contributed by atoms with E-state index < -0.39 is 0 Å². The number of nitrogens with zero attached hydrogens (tertiary/aromatic N) is 3. The standard InChI is InChI=1S/C14H14BrN3O/c1-8(2)12-11-9(15)7-18(3)14(11)17-13(16-12)10-5-4-6-19-10/h4-8H,1-3H3. The molecule has 0 amide bonds. The third-order valence-electron chi connectivity index (χ3n) is 3.09. The summed E-state index contributed by atoms with van der Waals surface area (Å²) < 4.78 is 8.43. The molecule has 0 unspecified atom stereocenters. The molecule has 3 heterocycles. The molecular weight excluding hydrogens is 306 g/mol. The van der Waals surface area contributed by atoms with Crippen molar-refractivity contribution < 1.29 is 4.42 Å². The maximum Gasteiger partial charge on any atom is 0.197 e. The summed E-state index contributed by atoms with van der Waals surface area (Å²) in [6.45, 7) is 4.26. The number of furan rings is 1. The van der Waals surface area contributed by atoms with Crippen molar-refractivity contribution in [2.45, 2.75) is 19.8 Å². The summed E-state index contributed by atoms with van der Waals surface area (Å²) in [5.41, 5.74) is 1.95. The minimum atomic E-state index is 0.318. The zero-order chi connectivity index (χ0) is 13.6. The number of aryl methyl sites for hydroxylation is 1. The molecular formula is C14H14BrN3O. The van der Waals surface area contributed by atoms with Gasteiger partial charge in [0, 0.05) is 17.7 Å². The number of hydrogen-bond acceptors (Lipinski definition) is 3. The SMILES string of the molecule is CC(C)c1nc(-c2ccco2)nc2c1c(Br)cn2C. The van der Waals surface area contributed by atoms with Crippen molar-refractivity contribution in [2.24, 2.45) is 7.05 Å². The lowest BCUT2D eigenvalue weighted by atomic mass is 10.1. The first-order chi connectivity index (χ1) is 9.08. The van der Waals surface area contributed by atoms with Crippen LogP contribution in [-0.2, 0) is 7.05 Å². The first-order valence-electron chi connectivity index (χ1n) is 6.14. The van der Waals surface area contributed by atoms with E-state index in [0.717, 1.165) is 21.2 Å². The Kier molecular flexibility index (Phi) is 2.93. The molecule has 0 spiro atoms. The Labute approximate surface area is 119 Å². The summed E-state index contributed by atoms with van der Waals surface area (Å²) in [6.07, 6.45) is 3.65. The molecule has 0 atom stereocenters. The smallest absolute Gasteiger partial charge is 0.197 e. The first kappa shape index (κ1) is 12.4. The first-order valence-corrected chi connectivity index (χ1v) is 6.93. The molecule has 5 heteroatoms. The molecule has 4 nitrogen and oxygen atoms in total. The number of halogens is 1. The van der Waals surface area contributed by atoms with Gasteiger partial charge in [0.15, 0.2) is 11.6 Å². The van der Waals surface area contributed by atoms with Crippen molar-refractivity contribution in [3.63, 3.8) is 0 Å². The van der Waals surface area contributed by atoms with Gasteiger partial charge in [-0.25, -0.2) is 9.97 Å². The molecule has 0 saturated carbocycles. The molecule has 98 valence electrons. The highest BCUT2D eigenvalue weighted by atomic mass is 79.9. The highest BCUT2D eigenvalue weighted by Gasteiger charge is 2.18.